The van der Waals surface area contributed by atoms with Crippen molar-refractivity contribution in [3.63, 3.8) is 0 Å². The molecule has 1 aromatic carbocycles. The first-order valence-electron chi connectivity index (χ1n) is 9.01. The Labute approximate surface area is 179 Å². The number of thioether (sulfide) groups is 1. The van der Waals surface area contributed by atoms with E-state index in [1.807, 2.05) is 6.26 Å². The number of ether oxygens (including phenoxy) is 1. The lowest BCUT2D eigenvalue weighted by atomic mass is 9.99. The highest BCUT2D eigenvalue weighted by Gasteiger charge is 2.38. The van der Waals surface area contributed by atoms with Crippen LogP contribution in [0.15, 0.2) is 38.4 Å². The number of benzene rings is 1. The maximum absolute atomic E-state index is 13.5. The second-order valence-electron chi connectivity index (χ2n) is 6.39. The molecule has 1 aliphatic rings. The van der Waals surface area contributed by atoms with Crippen LogP contribution in [0.2, 0.25) is 0 Å². The Bertz CT molecular complexity index is 1080. The average Bonchev–Trinajstić information content (AvgIpc) is 3.24. The standard InChI is InChI=1S/C19H17BrN4O4S/c1-3-27-19(26)15-13(17(28-23-15)10-4-5-10)16(25)11-6-7-12(14(20)18(11)29-2)24-21-8-9-22-24/h6-10H,3-5H2,1-2H3. The van der Waals surface area contributed by atoms with E-state index in [-0.39, 0.29) is 29.6 Å². The molecule has 2 aromatic heterocycles. The average molecular weight is 477 g/mol. The Morgan fingerprint density at radius 2 is 2.03 bits per heavy atom. The van der Waals surface area contributed by atoms with E-state index in [4.69, 9.17) is 9.26 Å². The van der Waals surface area contributed by atoms with Crippen LogP contribution in [0, 0.1) is 0 Å². The quantitative estimate of drug-likeness (QED) is 0.286. The summed E-state index contributed by atoms with van der Waals surface area (Å²) in [7, 11) is 0. The lowest BCUT2D eigenvalue weighted by Crippen LogP contribution is -2.14. The van der Waals surface area contributed by atoms with Gasteiger partial charge >= 0.3 is 5.97 Å². The van der Waals surface area contributed by atoms with Crippen molar-refractivity contribution in [1.29, 1.82) is 0 Å². The molecule has 2 heterocycles. The molecule has 1 aliphatic carbocycles. The van der Waals surface area contributed by atoms with Gasteiger partial charge in [-0.1, -0.05) is 5.16 Å². The number of carbonyl (C=O) groups is 2. The Kier molecular flexibility index (Phi) is 5.55. The highest BCUT2D eigenvalue weighted by Crippen LogP contribution is 2.44. The van der Waals surface area contributed by atoms with E-state index >= 15 is 0 Å². The summed E-state index contributed by atoms with van der Waals surface area (Å²) in [6, 6.07) is 3.46. The molecule has 1 fully saturated rings. The van der Waals surface area contributed by atoms with Gasteiger partial charge in [0.15, 0.2) is 11.5 Å². The first-order chi connectivity index (χ1) is 14.1. The van der Waals surface area contributed by atoms with Crippen LogP contribution in [0.1, 0.15) is 57.9 Å². The Balaban J connectivity index is 1.82. The zero-order chi connectivity index (χ0) is 20.5. The van der Waals surface area contributed by atoms with Crippen LogP contribution in [-0.2, 0) is 4.74 Å². The van der Waals surface area contributed by atoms with Gasteiger partial charge in [0.05, 0.1) is 23.5 Å². The molecule has 0 spiro atoms. The largest absolute Gasteiger partial charge is 0.461 e. The fourth-order valence-electron chi connectivity index (χ4n) is 3.04. The summed E-state index contributed by atoms with van der Waals surface area (Å²) in [5.41, 5.74) is 1.27. The van der Waals surface area contributed by atoms with Gasteiger partial charge in [-0.2, -0.15) is 15.0 Å². The van der Waals surface area contributed by atoms with E-state index in [0.717, 1.165) is 12.8 Å². The summed E-state index contributed by atoms with van der Waals surface area (Å²) in [5, 5.41) is 12.2. The summed E-state index contributed by atoms with van der Waals surface area (Å²) in [6.07, 6.45) is 6.84. The minimum absolute atomic E-state index is 0.0697. The fraction of sp³-hybridized carbons (Fsp3) is 0.316. The zero-order valence-electron chi connectivity index (χ0n) is 15.7. The highest BCUT2D eigenvalue weighted by molar-refractivity contribution is 9.10. The predicted octanol–water partition coefficient (Wildman–Crippen LogP) is 4.02. The van der Waals surface area contributed by atoms with Crippen LogP contribution in [0.25, 0.3) is 5.69 Å². The number of hydrogen-bond acceptors (Lipinski definition) is 8. The molecular weight excluding hydrogens is 460 g/mol. The topological polar surface area (TPSA) is 100 Å². The molecule has 29 heavy (non-hydrogen) atoms. The van der Waals surface area contributed by atoms with Gasteiger partial charge in [0.1, 0.15) is 11.3 Å². The molecule has 0 aliphatic heterocycles. The van der Waals surface area contributed by atoms with E-state index in [1.165, 1.54) is 16.6 Å². The van der Waals surface area contributed by atoms with Crippen molar-refractivity contribution >= 4 is 39.4 Å². The highest BCUT2D eigenvalue weighted by atomic mass is 79.9. The summed E-state index contributed by atoms with van der Waals surface area (Å²) >= 11 is 4.98. The number of carbonyl (C=O) groups excluding carboxylic acids is 2. The first kappa shape index (κ1) is 19.8. The first-order valence-corrected chi connectivity index (χ1v) is 11.0. The molecule has 0 atom stereocenters. The normalized spacial score (nSPS) is 13.5. The van der Waals surface area contributed by atoms with E-state index in [0.29, 0.717) is 26.4 Å². The summed E-state index contributed by atoms with van der Waals surface area (Å²) in [5.74, 6) is -0.410. The van der Waals surface area contributed by atoms with Crippen LogP contribution in [0.5, 0.6) is 0 Å². The van der Waals surface area contributed by atoms with Crippen molar-refractivity contribution in [1.82, 2.24) is 20.2 Å². The number of rotatable bonds is 7. The van der Waals surface area contributed by atoms with Crippen molar-refractivity contribution in [2.24, 2.45) is 0 Å². The minimum Gasteiger partial charge on any atom is -0.461 e. The lowest BCUT2D eigenvalue weighted by Gasteiger charge is -2.12. The Morgan fingerprint density at radius 1 is 1.31 bits per heavy atom. The smallest absolute Gasteiger partial charge is 0.361 e. The Hall–Kier alpha value is -2.46. The predicted molar refractivity (Wildman–Crippen MR) is 109 cm³/mol. The molecule has 150 valence electrons. The van der Waals surface area contributed by atoms with Crippen LogP contribution in [-0.4, -0.2) is 44.8 Å². The molecular formula is C19H17BrN4O4S. The third-order valence-electron chi connectivity index (χ3n) is 4.52. The number of aromatic nitrogens is 4. The second kappa shape index (κ2) is 8.11. The molecule has 1 saturated carbocycles. The van der Waals surface area contributed by atoms with Crippen molar-refractivity contribution in [3.05, 3.63) is 51.6 Å². The van der Waals surface area contributed by atoms with Gasteiger partial charge in [0.25, 0.3) is 0 Å². The molecule has 4 rings (SSSR count). The summed E-state index contributed by atoms with van der Waals surface area (Å²) in [6.45, 7) is 1.89. The molecule has 0 radical (unpaired) electrons. The van der Waals surface area contributed by atoms with Crippen molar-refractivity contribution in [2.75, 3.05) is 12.9 Å². The van der Waals surface area contributed by atoms with E-state index < -0.39 is 5.97 Å². The van der Waals surface area contributed by atoms with Crippen molar-refractivity contribution < 1.29 is 18.8 Å². The van der Waals surface area contributed by atoms with Crippen LogP contribution >= 0.6 is 27.7 Å². The van der Waals surface area contributed by atoms with E-state index in [9.17, 15) is 9.59 Å². The zero-order valence-corrected chi connectivity index (χ0v) is 18.1. The molecule has 0 saturated heterocycles. The van der Waals surface area contributed by atoms with Gasteiger partial charge in [-0.05, 0) is 54.1 Å². The van der Waals surface area contributed by atoms with Gasteiger partial charge in [-0.3, -0.25) is 4.79 Å². The van der Waals surface area contributed by atoms with E-state index in [1.54, 1.807) is 31.5 Å². The molecule has 8 nitrogen and oxygen atoms in total. The molecule has 3 aromatic rings. The third kappa shape index (κ3) is 3.62. The monoisotopic (exact) mass is 476 g/mol. The number of ketones is 1. The molecule has 0 bridgehead atoms. The molecule has 0 N–H and O–H groups in total. The van der Waals surface area contributed by atoms with Crippen LogP contribution in [0.4, 0.5) is 0 Å². The van der Waals surface area contributed by atoms with Crippen LogP contribution in [0.3, 0.4) is 0 Å². The van der Waals surface area contributed by atoms with Crippen molar-refractivity contribution in [2.45, 2.75) is 30.6 Å². The number of hydrogen-bond donors (Lipinski definition) is 0. The van der Waals surface area contributed by atoms with Crippen molar-refractivity contribution in [3.8, 4) is 5.69 Å². The van der Waals surface area contributed by atoms with Gasteiger partial charge in [0.2, 0.25) is 5.69 Å². The summed E-state index contributed by atoms with van der Waals surface area (Å²) in [4.78, 5) is 28.1. The SMILES string of the molecule is CCOC(=O)c1noc(C2CC2)c1C(=O)c1ccc(-n2nccn2)c(Br)c1SC. The maximum atomic E-state index is 13.5. The van der Waals surface area contributed by atoms with Gasteiger partial charge in [0, 0.05) is 16.4 Å². The Morgan fingerprint density at radius 3 is 2.66 bits per heavy atom. The molecule has 10 heteroatoms. The minimum atomic E-state index is -0.659. The fourth-order valence-corrected chi connectivity index (χ4v) is 4.69. The number of nitrogens with zero attached hydrogens (tertiary/aromatic N) is 4. The van der Waals surface area contributed by atoms with Gasteiger partial charge in [-0.25, -0.2) is 4.79 Å². The third-order valence-corrected chi connectivity index (χ3v) is 6.42. The summed E-state index contributed by atoms with van der Waals surface area (Å²) < 4.78 is 11.2. The number of halogens is 1. The second-order valence-corrected chi connectivity index (χ2v) is 8.00. The van der Waals surface area contributed by atoms with Gasteiger partial charge in [-0.15, -0.1) is 11.8 Å². The number of esters is 1. The lowest BCUT2D eigenvalue weighted by molar-refractivity contribution is 0.0512. The maximum Gasteiger partial charge on any atom is 0.361 e. The van der Waals surface area contributed by atoms with Gasteiger partial charge < -0.3 is 9.26 Å². The van der Waals surface area contributed by atoms with Crippen LogP contribution < -0.4 is 0 Å². The van der Waals surface area contributed by atoms with E-state index in [2.05, 4.69) is 31.3 Å². The molecule has 0 amide bonds. The molecule has 0 unspecified atom stereocenters.